The van der Waals surface area contributed by atoms with Crippen LogP contribution in [0.25, 0.3) is 0 Å². The maximum absolute atomic E-state index is 5.85. The molecule has 0 radical (unpaired) electrons. The summed E-state index contributed by atoms with van der Waals surface area (Å²) in [5, 5.41) is 0.971. The lowest BCUT2D eigenvalue weighted by Gasteiger charge is -2.03. The Balaban J connectivity index is 2.22. The summed E-state index contributed by atoms with van der Waals surface area (Å²) in [7, 11) is 0. The zero-order chi connectivity index (χ0) is 10.7. The zero-order valence-electron chi connectivity index (χ0n) is 8.47. The largest absolute Gasteiger partial charge is 0.398 e. The highest BCUT2D eigenvalue weighted by Gasteiger charge is 2.01. The maximum Gasteiger partial charge on any atom is 0.101 e. The van der Waals surface area contributed by atoms with Gasteiger partial charge in [0, 0.05) is 16.8 Å². The van der Waals surface area contributed by atoms with E-state index >= 15 is 0 Å². The fourth-order valence-electron chi connectivity index (χ4n) is 1.20. The quantitative estimate of drug-likeness (QED) is 0.784. The van der Waals surface area contributed by atoms with Crippen molar-refractivity contribution in [3.63, 3.8) is 0 Å². The molecule has 1 aromatic carbocycles. The first-order chi connectivity index (χ1) is 7.25. The number of nitrogen functional groups attached to an aromatic ring is 1. The molecule has 0 saturated carbocycles. The predicted octanol–water partition coefficient (Wildman–Crippen LogP) is 3.12. The van der Waals surface area contributed by atoms with Gasteiger partial charge in [0.05, 0.1) is 0 Å². The molecule has 0 unspecified atom stereocenters. The third-order valence-electron chi connectivity index (χ3n) is 2.02. The smallest absolute Gasteiger partial charge is 0.101 e. The molecule has 2 nitrogen and oxygen atoms in total. The molecule has 0 saturated heterocycles. The number of nitrogens with two attached hydrogens (primary N) is 1. The summed E-state index contributed by atoms with van der Waals surface area (Å²) in [5.74, 6) is 0. The van der Waals surface area contributed by atoms with Crippen LogP contribution in [0.15, 0.2) is 52.5 Å². The maximum atomic E-state index is 5.85. The predicted molar refractivity (Wildman–Crippen MR) is 64.0 cm³/mol. The van der Waals surface area contributed by atoms with Crippen LogP contribution in [0.4, 0.5) is 5.69 Å². The summed E-state index contributed by atoms with van der Waals surface area (Å²) >= 11 is 1.59. The van der Waals surface area contributed by atoms with E-state index < -0.39 is 0 Å². The summed E-state index contributed by atoms with van der Waals surface area (Å²) in [6.07, 6.45) is 1.86. The molecule has 1 aromatic heterocycles. The van der Waals surface area contributed by atoms with E-state index in [4.69, 9.17) is 5.73 Å². The molecule has 15 heavy (non-hydrogen) atoms. The summed E-state index contributed by atoms with van der Waals surface area (Å²) in [6, 6.07) is 11.9. The monoisotopic (exact) mass is 216 g/mol. The van der Waals surface area contributed by atoms with E-state index in [1.165, 1.54) is 5.56 Å². The van der Waals surface area contributed by atoms with Crippen LogP contribution in [0.2, 0.25) is 0 Å². The number of nitrogens with zero attached hydrogens (tertiary/aromatic N) is 1. The molecule has 0 amide bonds. The number of aromatic nitrogens is 1. The Morgan fingerprint density at radius 2 is 1.93 bits per heavy atom. The highest BCUT2D eigenvalue weighted by Crippen LogP contribution is 2.30. The van der Waals surface area contributed by atoms with E-state index in [1.54, 1.807) is 11.8 Å². The highest BCUT2D eigenvalue weighted by atomic mass is 32.2. The summed E-state index contributed by atoms with van der Waals surface area (Å²) < 4.78 is 0. The van der Waals surface area contributed by atoms with Gasteiger partial charge < -0.3 is 5.73 Å². The second-order valence-electron chi connectivity index (χ2n) is 3.31. The van der Waals surface area contributed by atoms with E-state index in [9.17, 15) is 0 Å². The lowest BCUT2D eigenvalue weighted by molar-refractivity contribution is 1.11. The van der Waals surface area contributed by atoms with Crippen molar-refractivity contribution in [2.75, 3.05) is 5.73 Å². The van der Waals surface area contributed by atoms with E-state index in [0.29, 0.717) is 0 Å². The van der Waals surface area contributed by atoms with Gasteiger partial charge in [0.15, 0.2) is 0 Å². The molecular formula is C12H12N2S. The number of para-hydroxylation sites is 1. The van der Waals surface area contributed by atoms with Gasteiger partial charge in [0.25, 0.3) is 0 Å². The van der Waals surface area contributed by atoms with Crippen LogP contribution >= 0.6 is 11.8 Å². The molecule has 0 aliphatic carbocycles. The van der Waals surface area contributed by atoms with Crippen LogP contribution < -0.4 is 5.73 Å². The molecular weight excluding hydrogens is 204 g/mol. The molecule has 0 spiro atoms. The lowest BCUT2D eigenvalue weighted by atomic mass is 10.3. The first kappa shape index (κ1) is 10.1. The van der Waals surface area contributed by atoms with Gasteiger partial charge in [0.2, 0.25) is 0 Å². The van der Waals surface area contributed by atoms with Gasteiger partial charge in [0.1, 0.15) is 5.03 Å². The standard InChI is InChI=1S/C12H12N2S/c1-9-6-7-12(14-8-9)15-11-5-3-2-4-10(11)13/h2-8H,13H2,1H3. The molecule has 76 valence electrons. The Morgan fingerprint density at radius 1 is 1.13 bits per heavy atom. The Bertz CT molecular complexity index is 451. The van der Waals surface area contributed by atoms with E-state index in [0.717, 1.165) is 15.6 Å². The SMILES string of the molecule is Cc1ccc(Sc2ccccc2N)nc1. The number of benzene rings is 1. The topological polar surface area (TPSA) is 38.9 Å². The van der Waals surface area contributed by atoms with Crippen molar-refractivity contribution in [1.82, 2.24) is 4.98 Å². The van der Waals surface area contributed by atoms with Gasteiger partial charge >= 0.3 is 0 Å². The van der Waals surface area contributed by atoms with Crippen LogP contribution in [0.5, 0.6) is 0 Å². The van der Waals surface area contributed by atoms with Crippen molar-refractivity contribution in [1.29, 1.82) is 0 Å². The fourth-order valence-corrected chi connectivity index (χ4v) is 2.00. The van der Waals surface area contributed by atoms with Crippen molar-refractivity contribution >= 4 is 17.4 Å². The van der Waals surface area contributed by atoms with Crippen molar-refractivity contribution in [2.24, 2.45) is 0 Å². The minimum atomic E-state index is 0.796. The van der Waals surface area contributed by atoms with Gasteiger partial charge in [-0.3, -0.25) is 0 Å². The van der Waals surface area contributed by atoms with Crippen LogP contribution in [-0.2, 0) is 0 Å². The average Bonchev–Trinajstić information content (AvgIpc) is 2.25. The third-order valence-corrected chi connectivity index (χ3v) is 3.06. The average molecular weight is 216 g/mol. The molecule has 0 aliphatic rings. The molecule has 2 N–H and O–H groups in total. The van der Waals surface area contributed by atoms with Gasteiger partial charge in [-0.05, 0) is 30.7 Å². The minimum absolute atomic E-state index is 0.796. The first-order valence-corrected chi connectivity index (χ1v) is 5.52. The number of aryl methyl sites for hydroxylation is 1. The molecule has 3 heteroatoms. The molecule has 0 atom stereocenters. The van der Waals surface area contributed by atoms with Crippen LogP contribution in [0, 0.1) is 6.92 Å². The van der Waals surface area contributed by atoms with Gasteiger partial charge in [-0.1, -0.05) is 30.0 Å². The van der Waals surface area contributed by atoms with Crippen LogP contribution in [0.3, 0.4) is 0 Å². The highest BCUT2D eigenvalue weighted by molar-refractivity contribution is 7.99. The number of anilines is 1. The van der Waals surface area contributed by atoms with Crippen LogP contribution in [-0.4, -0.2) is 4.98 Å². The van der Waals surface area contributed by atoms with Crippen molar-refractivity contribution < 1.29 is 0 Å². The van der Waals surface area contributed by atoms with E-state index in [2.05, 4.69) is 11.1 Å². The normalized spacial score (nSPS) is 10.2. The first-order valence-electron chi connectivity index (χ1n) is 4.71. The fraction of sp³-hybridized carbons (Fsp3) is 0.0833. The molecule has 0 fully saturated rings. The minimum Gasteiger partial charge on any atom is -0.398 e. The van der Waals surface area contributed by atoms with Crippen molar-refractivity contribution in [3.8, 4) is 0 Å². The Kier molecular flexibility index (Phi) is 2.92. The van der Waals surface area contributed by atoms with E-state index in [-0.39, 0.29) is 0 Å². The number of hydrogen-bond acceptors (Lipinski definition) is 3. The van der Waals surface area contributed by atoms with Crippen LogP contribution in [0.1, 0.15) is 5.56 Å². The summed E-state index contributed by atoms with van der Waals surface area (Å²) in [6.45, 7) is 2.03. The Hall–Kier alpha value is -1.48. The van der Waals surface area contributed by atoms with Crippen molar-refractivity contribution in [2.45, 2.75) is 16.8 Å². The number of pyridine rings is 1. The number of rotatable bonds is 2. The summed E-state index contributed by atoms with van der Waals surface area (Å²) in [4.78, 5) is 5.37. The van der Waals surface area contributed by atoms with Crippen molar-refractivity contribution in [3.05, 3.63) is 48.2 Å². The molecule has 0 aliphatic heterocycles. The Labute approximate surface area is 93.5 Å². The molecule has 1 heterocycles. The second kappa shape index (κ2) is 4.36. The lowest BCUT2D eigenvalue weighted by Crippen LogP contribution is -1.88. The van der Waals surface area contributed by atoms with Gasteiger partial charge in [-0.2, -0.15) is 0 Å². The third kappa shape index (κ3) is 2.50. The summed E-state index contributed by atoms with van der Waals surface area (Å²) in [5.41, 5.74) is 7.81. The second-order valence-corrected chi connectivity index (χ2v) is 4.38. The molecule has 2 aromatic rings. The molecule has 0 bridgehead atoms. The number of hydrogen-bond donors (Lipinski definition) is 1. The molecule has 2 rings (SSSR count). The van der Waals surface area contributed by atoms with Gasteiger partial charge in [-0.15, -0.1) is 0 Å². The van der Waals surface area contributed by atoms with E-state index in [1.807, 2.05) is 43.5 Å². The Morgan fingerprint density at radius 3 is 2.60 bits per heavy atom. The zero-order valence-corrected chi connectivity index (χ0v) is 9.29. The van der Waals surface area contributed by atoms with Gasteiger partial charge in [-0.25, -0.2) is 4.98 Å².